The van der Waals surface area contributed by atoms with E-state index in [-0.39, 0.29) is 34.8 Å². The summed E-state index contributed by atoms with van der Waals surface area (Å²) in [6, 6.07) is -0.713. The molecule has 0 radical (unpaired) electrons. The summed E-state index contributed by atoms with van der Waals surface area (Å²) in [5.74, 6) is -0.595. The third kappa shape index (κ3) is 5.78. The van der Waals surface area contributed by atoms with Crippen molar-refractivity contribution in [1.82, 2.24) is 19.5 Å². The summed E-state index contributed by atoms with van der Waals surface area (Å²) in [5, 5.41) is 13.2. The second-order valence-electron chi connectivity index (χ2n) is 10.2. The van der Waals surface area contributed by atoms with Crippen molar-refractivity contribution in [3.8, 4) is 0 Å². The van der Waals surface area contributed by atoms with Crippen LogP contribution in [0.2, 0.25) is 5.28 Å². The van der Waals surface area contributed by atoms with Gasteiger partial charge in [0, 0.05) is 4.91 Å². The summed E-state index contributed by atoms with van der Waals surface area (Å²) in [7, 11) is 0. The summed E-state index contributed by atoms with van der Waals surface area (Å²) in [4.78, 5) is 42.3. The number of rotatable bonds is 4. The molecular weight excluding hydrogens is 496 g/mol. The number of anilines is 1. The zero-order chi connectivity index (χ0) is 27.0. The summed E-state index contributed by atoms with van der Waals surface area (Å²) in [6.45, 7) is 11.3. The Bertz CT molecular complexity index is 1170. The second kappa shape index (κ2) is 10.1. The van der Waals surface area contributed by atoms with Crippen molar-refractivity contribution in [3.05, 3.63) is 22.1 Å². The molecule has 0 saturated carbocycles. The number of azide groups is 1. The van der Waals surface area contributed by atoms with Crippen LogP contribution < -0.4 is 4.90 Å². The van der Waals surface area contributed by atoms with Crippen molar-refractivity contribution in [2.75, 3.05) is 11.5 Å². The molecule has 15 heteroatoms. The van der Waals surface area contributed by atoms with E-state index in [4.69, 9.17) is 31.3 Å². The summed E-state index contributed by atoms with van der Waals surface area (Å²) < 4.78 is 18.2. The zero-order valence-electron chi connectivity index (χ0n) is 21.0. The Balaban J connectivity index is 2.17. The van der Waals surface area contributed by atoms with E-state index in [0.717, 1.165) is 0 Å². The van der Waals surface area contributed by atoms with Crippen LogP contribution in [-0.2, 0) is 14.2 Å². The Morgan fingerprint density at radius 2 is 1.81 bits per heavy atom. The smallest absolute Gasteiger partial charge is 0.425 e. The standard InChI is InChI=1S/C21H29ClN8O6/c1-10-11(8-31)34-16(12(10)27-28-23)29-9-24-13-14(29)25-17(22)26-15(13)30(18(32)35-20(2,3)4)19(33)36-21(5,6)7/h9-12,16,31H,8H2,1-7H3/t10-,11-,12+,16-/m1/s1. The van der Waals surface area contributed by atoms with Gasteiger partial charge in [-0.05, 0) is 64.6 Å². The molecule has 2 amide bonds. The highest BCUT2D eigenvalue weighted by Crippen LogP contribution is 2.38. The van der Waals surface area contributed by atoms with Gasteiger partial charge in [0.25, 0.3) is 0 Å². The normalized spacial score (nSPS) is 22.2. The number of fused-ring (bicyclic) bond motifs is 1. The van der Waals surface area contributed by atoms with Gasteiger partial charge in [-0.25, -0.2) is 14.6 Å². The second-order valence-corrected chi connectivity index (χ2v) is 10.6. The van der Waals surface area contributed by atoms with Gasteiger partial charge in [-0.3, -0.25) is 4.57 Å². The Hall–Kier alpha value is -3.19. The zero-order valence-corrected chi connectivity index (χ0v) is 21.8. The molecule has 1 aliphatic rings. The highest BCUT2D eigenvalue weighted by atomic mass is 35.5. The van der Waals surface area contributed by atoms with Crippen LogP contribution in [0.4, 0.5) is 15.4 Å². The fraction of sp³-hybridized carbons (Fsp3) is 0.667. The number of carbonyl (C=O) groups is 2. The molecule has 14 nitrogen and oxygen atoms in total. The lowest BCUT2D eigenvalue weighted by Crippen LogP contribution is -2.44. The Labute approximate surface area is 212 Å². The molecule has 3 rings (SSSR count). The number of hydrogen-bond donors (Lipinski definition) is 1. The Morgan fingerprint density at radius 1 is 1.22 bits per heavy atom. The number of carbonyl (C=O) groups excluding carboxylic acids is 2. The van der Waals surface area contributed by atoms with Crippen molar-refractivity contribution in [3.63, 3.8) is 0 Å². The lowest BCUT2D eigenvalue weighted by molar-refractivity contribution is -0.0298. The fourth-order valence-electron chi connectivity index (χ4n) is 3.60. The largest absolute Gasteiger partial charge is 0.443 e. The number of ether oxygens (including phenoxy) is 3. The molecule has 36 heavy (non-hydrogen) atoms. The number of halogens is 1. The molecule has 1 aliphatic heterocycles. The molecule has 0 bridgehead atoms. The van der Waals surface area contributed by atoms with Gasteiger partial charge in [0.05, 0.1) is 25.1 Å². The number of aromatic nitrogens is 4. The van der Waals surface area contributed by atoms with Crippen LogP contribution in [0.25, 0.3) is 21.6 Å². The SMILES string of the molecule is C[C@H]1[C@H](N=[N+]=[N-])[C@H](n2cnc3c(N(C(=O)OC(C)(C)C)C(=O)OC(C)(C)C)nc(Cl)nc32)O[C@@H]1CO. The molecule has 2 aromatic rings. The first-order chi connectivity index (χ1) is 16.7. The van der Waals surface area contributed by atoms with Crippen molar-refractivity contribution in [2.24, 2.45) is 11.0 Å². The van der Waals surface area contributed by atoms with E-state index in [1.54, 1.807) is 48.5 Å². The molecule has 2 aromatic heterocycles. The minimum atomic E-state index is -1.06. The van der Waals surface area contributed by atoms with Gasteiger partial charge in [0.1, 0.15) is 17.4 Å². The molecule has 0 aromatic carbocycles. The monoisotopic (exact) mass is 524 g/mol. The number of imidazole rings is 1. The van der Waals surface area contributed by atoms with Crippen LogP contribution in [0, 0.1) is 5.92 Å². The predicted molar refractivity (Wildman–Crippen MR) is 128 cm³/mol. The molecule has 1 N–H and O–H groups in total. The predicted octanol–water partition coefficient (Wildman–Crippen LogP) is 4.36. The molecule has 1 fully saturated rings. The van der Waals surface area contributed by atoms with Crippen molar-refractivity contribution in [1.29, 1.82) is 0 Å². The maximum absolute atomic E-state index is 13.1. The van der Waals surface area contributed by atoms with E-state index in [1.165, 1.54) is 10.9 Å². The maximum Gasteiger partial charge on any atom is 0.425 e. The first-order valence-corrected chi connectivity index (χ1v) is 11.5. The summed E-state index contributed by atoms with van der Waals surface area (Å²) in [6.07, 6.45) is -2.28. The number of imide groups is 1. The van der Waals surface area contributed by atoms with Crippen molar-refractivity contribution in [2.45, 2.75) is 78.0 Å². The average Bonchev–Trinajstić information content (AvgIpc) is 3.26. The Morgan fingerprint density at radius 3 is 2.31 bits per heavy atom. The third-order valence-corrected chi connectivity index (χ3v) is 5.28. The van der Waals surface area contributed by atoms with E-state index >= 15 is 0 Å². The minimum Gasteiger partial charge on any atom is -0.443 e. The average molecular weight is 525 g/mol. The van der Waals surface area contributed by atoms with Gasteiger partial charge in [0.2, 0.25) is 5.28 Å². The third-order valence-electron chi connectivity index (χ3n) is 5.11. The van der Waals surface area contributed by atoms with Crippen molar-refractivity contribution < 1.29 is 28.9 Å². The molecular formula is C21H29ClN8O6. The molecule has 4 atom stereocenters. The van der Waals surface area contributed by atoms with E-state index in [0.29, 0.717) is 4.90 Å². The van der Waals surface area contributed by atoms with E-state index in [9.17, 15) is 14.7 Å². The number of nitrogens with zero attached hydrogens (tertiary/aromatic N) is 8. The molecule has 0 unspecified atom stereocenters. The minimum absolute atomic E-state index is 0.0134. The van der Waals surface area contributed by atoms with Gasteiger partial charge in [-0.1, -0.05) is 12.0 Å². The molecule has 3 heterocycles. The highest BCUT2D eigenvalue weighted by molar-refractivity contribution is 6.29. The van der Waals surface area contributed by atoms with Crippen molar-refractivity contribution >= 4 is 40.8 Å². The maximum atomic E-state index is 13.1. The summed E-state index contributed by atoms with van der Waals surface area (Å²) in [5.41, 5.74) is 7.28. The van der Waals surface area contributed by atoms with Gasteiger partial charge < -0.3 is 19.3 Å². The van der Waals surface area contributed by atoms with Gasteiger partial charge >= 0.3 is 12.2 Å². The molecule has 1 saturated heterocycles. The number of amides is 2. The van der Waals surface area contributed by atoms with Crippen LogP contribution in [0.1, 0.15) is 54.7 Å². The first-order valence-electron chi connectivity index (χ1n) is 11.1. The number of aliphatic hydroxyl groups excluding tert-OH is 1. The first kappa shape index (κ1) is 27.4. The lowest BCUT2D eigenvalue weighted by Gasteiger charge is -2.28. The van der Waals surface area contributed by atoms with Gasteiger partial charge in [-0.2, -0.15) is 14.9 Å². The van der Waals surface area contributed by atoms with Gasteiger partial charge in [-0.15, -0.1) is 0 Å². The topological polar surface area (TPSA) is 178 Å². The van der Waals surface area contributed by atoms with Crippen LogP contribution in [0.3, 0.4) is 0 Å². The van der Waals surface area contributed by atoms with Gasteiger partial charge in [0.15, 0.2) is 17.0 Å². The fourth-order valence-corrected chi connectivity index (χ4v) is 3.76. The quantitative estimate of drug-likeness (QED) is 0.263. The molecule has 0 aliphatic carbocycles. The van der Waals surface area contributed by atoms with Crippen LogP contribution in [0.15, 0.2) is 11.4 Å². The van der Waals surface area contributed by atoms with E-state index in [2.05, 4.69) is 25.0 Å². The summed E-state index contributed by atoms with van der Waals surface area (Å²) >= 11 is 6.20. The number of hydrogen-bond acceptors (Lipinski definition) is 10. The Kier molecular flexibility index (Phi) is 7.65. The van der Waals surface area contributed by atoms with E-state index in [1.807, 2.05) is 0 Å². The van der Waals surface area contributed by atoms with Crippen LogP contribution in [-0.4, -0.2) is 66.8 Å². The van der Waals surface area contributed by atoms with E-state index < -0.39 is 41.8 Å². The number of aliphatic hydroxyl groups is 1. The molecule has 196 valence electrons. The van der Waals surface area contributed by atoms with Crippen LogP contribution in [0.5, 0.6) is 0 Å². The highest BCUT2D eigenvalue weighted by Gasteiger charge is 2.43. The van der Waals surface area contributed by atoms with Crippen LogP contribution >= 0.6 is 11.6 Å². The lowest BCUT2D eigenvalue weighted by atomic mass is 9.99. The molecule has 0 spiro atoms.